The molecule has 3 fully saturated rings. The molecule has 2 saturated heterocycles. The van der Waals surface area contributed by atoms with Gasteiger partial charge in [-0.25, -0.2) is 19.2 Å². The van der Waals surface area contributed by atoms with Crippen LogP contribution >= 0.6 is 0 Å². The highest BCUT2D eigenvalue weighted by Gasteiger charge is 2.60. The van der Waals surface area contributed by atoms with Crippen LogP contribution in [0.25, 0.3) is 11.4 Å². The van der Waals surface area contributed by atoms with Crippen molar-refractivity contribution in [2.24, 2.45) is 23.7 Å². The molecule has 236 valence electrons. The normalized spacial score (nSPS) is 21.6. The van der Waals surface area contributed by atoms with Crippen molar-refractivity contribution in [1.82, 2.24) is 25.1 Å². The van der Waals surface area contributed by atoms with Crippen molar-refractivity contribution < 1.29 is 33.4 Å². The molecule has 4 atom stereocenters. The van der Waals surface area contributed by atoms with E-state index in [4.69, 9.17) is 4.74 Å². The second kappa shape index (κ2) is 13.1. The quantitative estimate of drug-likeness (QED) is 0.388. The van der Waals surface area contributed by atoms with Crippen LogP contribution in [-0.2, 0) is 14.3 Å². The van der Waals surface area contributed by atoms with Gasteiger partial charge in [-0.3, -0.25) is 14.4 Å². The van der Waals surface area contributed by atoms with Crippen molar-refractivity contribution in [1.29, 1.82) is 0 Å². The molecule has 3 aliphatic rings. The standard InChI is InChI=1S/C31H39FN6O6/c1-4-5-14-44-31(43)37-12-10-36(11-13-37)29(40)26(18(2)3)35-28(39)23-15-24(38-16-20-21(17-38)25(20)30(41)42)34-27(33-23)19-8-6-7-9-22(19)32/h6-9,15,18,20-21,25-26H,4-5,10-14,16-17H2,1-3H3,(H,35,39)(H,41,42)/t20-,21+,25?,26-/m0/s1. The van der Waals surface area contributed by atoms with Crippen LogP contribution in [0.1, 0.15) is 44.1 Å². The number of amides is 3. The van der Waals surface area contributed by atoms with Gasteiger partial charge in [-0.1, -0.05) is 39.3 Å². The number of nitrogens with zero attached hydrogens (tertiary/aromatic N) is 5. The zero-order valence-corrected chi connectivity index (χ0v) is 25.2. The molecule has 2 aromatic rings. The van der Waals surface area contributed by atoms with Crippen molar-refractivity contribution in [3.05, 3.63) is 41.8 Å². The van der Waals surface area contributed by atoms with Gasteiger partial charge < -0.3 is 29.9 Å². The number of anilines is 1. The zero-order chi connectivity index (χ0) is 31.5. The summed E-state index contributed by atoms with van der Waals surface area (Å²) in [6.45, 7) is 8.24. The number of carboxylic acids is 1. The van der Waals surface area contributed by atoms with E-state index in [1.54, 1.807) is 21.9 Å². The number of fused-ring (bicyclic) bond motifs is 1. The molecule has 0 radical (unpaired) electrons. The molecular weight excluding hydrogens is 571 g/mol. The summed E-state index contributed by atoms with van der Waals surface area (Å²) in [6.07, 6.45) is 1.32. The van der Waals surface area contributed by atoms with E-state index in [0.717, 1.165) is 12.8 Å². The third-order valence-electron chi connectivity index (χ3n) is 8.66. The smallest absolute Gasteiger partial charge is 0.409 e. The van der Waals surface area contributed by atoms with Crippen LogP contribution in [0.5, 0.6) is 0 Å². The number of unbranched alkanes of at least 4 members (excludes halogenated alkanes) is 1. The number of aromatic nitrogens is 2. The van der Waals surface area contributed by atoms with Crippen molar-refractivity contribution in [3.8, 4) is 11.4 Å². The molecule has 1 aromatic heterocycles. The Morgan fingerprint density at radius 2 is 1.70 bits per heavy atom. The molecule has 0 spiro atoms. The second-order valence-electron chi connectivity index (χ2n) is 12.0. The number of ether oxygens (including phenoxy) is 1. The van der Waals surface area contributed by atoms with Gasteiger partial charge in [0.15, 0.2) is 5.82 Å². The summed E-state index contributed by atoms with van der Waals surface area (Å²) in [4.78, 5) is 65.0. The number of carboxylic acid groups (broad SMARTS) is 1. The third kappa shape index (κ3) is 6.61. The van der Waals surface area contributed by atoms with Crippen molar-refractivity contribution in [2.45, 2.75) is 39.7 Å². The topological polar surface area (TPSA) is 145 Å². The van der Waals surface area contributed by atoms with Crippen molar-refractivity contribution >= 4 is 29.7 Å². The van der Waals surface area contributed by atoms with E-state index in [1.807, 2.05) is 25.7 Å². The Balaban J connectivity index is 1.31. The Bertz CT molecular complexity index is 1400. The van der Waals surface area contributed by atoms with Crippen molar-refractivity contribution in [3.63, 3.8) is 0 Å². The highest BCUT2D eigenvalue weighted by Crippen LogP contribution is 2.52. The number of rotatable bonds is 10. The predicted molar refractivity (Wildman–Crippen MR) is 158 cm³/mol. The summed E-state index contributed by atoms with van der Waals surface area (Å²) in [5.74, 6) is -2.45. The average Bonchev–Trinajstić information content (AvgIpc) is 3.53. The molecule has 5 rings (SSSR count). The predicted octanol–water partition coefficient (Wildman–Crippen LogP) is 2.88. The van der Waals surface area contributed by atoms with Crippen LogP contribution in [0.4, 0.5) is 15.0 Å². The molecule has 12 nitrogen and oxygen atoms in total. The summed E-state index contributed by atoms with van der Waals surface area (Å²) >= 11 is 0. The van der Waals surface area contributed by atoms with Crippen LogP contribution in [0.2, 0.25) is 0 Å². The minimum absolute atomic E-state index is 0.00161. The van der Waals surface area contributed by atoms with E-state index in [0.29, 0.717) is 51.7 Å². The lowest BCUT2D eigenvalue weighted by Gasteiger charge is -2.36. The SMILES string of the molecule is CCCCOC(=O)N1CCN(C(=O)[C@@H](NC(=O)c2cc(N3C[C@@H]4C(C(=O)O)[C@@H]4C3)nc(-c3ccccc3F)n2)C(C)C)CC1. The number of benzene rings is 1. The fourth-order valence-electron chi connectivity index (χ4n) is 5.99. The number of piperazine rings is 1. The minimum atomic E-state index is -0.864. The highest BCUT2D eigenvalue weighted by molar-refractivity contribution is 5.97. The summed E-state index contributed by atoms with van der Waals surface area (Å²) < 4.78 is 20.1. The van der Waals surface area contributed by atoms with Crippen LogP contribution in [0, 0.1) is 29.5 Å². The summed E-state index contributed by atoms with van der Waals surface area (Å²) in [5.41, 5.74) is 0.0976. The van der Waals surface area contributed by atoms with E-state index in [9.17, 15) is 28.7 Å². The summed E-state index contributed by atoms with van der Waals surface area (Å²) in [5, 5.41) is 12.2. The lowest BCUT2D eigenvalue weighted by atomic mass is 10.0. The van der Waals surface area contributed by atoms with Gasteiger partial charge in [0.1, 0.15) is 23.4 Å². The largest absolute Gasteiger partial charge is 0.481 e. The van der Waals surface area contributed by atoms with Gasteiger partial charge in [0.2, 0.25) is 5.91 Å². The average molecular weight is 611 g/mol. The van der Waals surface area contributed by atoms with Gasteiger partial charge in [-0.05, 0) is 36.3 Å². The van der Waals surface area contributed by atoms with Crippen molar-refractivity contribution in [2.75, 3.05) is 50.8 Å². The van der Waals surface area contributed by atoms with Gasteiger partial charge >= 0.3 is 12.1 Å². The molecule has 13 heteroatoms. The lowest BCUT2D eigenvalue weighted by Crippen LogP contribution is -2.57. The van der Waals surface area contributed by atoms with E-state index < -0.39 is 29.8 Å². The molecule has 1 aliphatic carbocycles. The van der Waals surface area contributed by atoms with E-state index in [-0.39, 0.29) is 46.7 Å². The first-order valence-electron chi connectivity index (χ1n) is 15.2. The first kappa shape index (κ1) is 31.1. The Morgan fingerprint density at radius 3 is 2.32 bits per heavy atom. The molecule has 1 saturated carbocycles. The number of halogens is 1. The van der Waals surface area contributed by atoms with Gasteiger partial charge in [-0.15, -0.1) is 0 Å². The van der Waals surface area contributed by atoms with E-state index in [1.165, 1.54) is 18.2 Å². The van der Waals surface area contributed by atoms with Gasteiger partial charge in [-0.2, -0.15) is 0 Å². The Labute approximate surface area is 255 Å². The molecule has 0 bridgehead atoms. The van der Waals surface area contributed by atoms with Gasteiger partial charge in [0.25, 0.3) is 5.91 Å². The fourth-order valence-corrected chi connectivity index (χ4v) is 5.99. The van der Waals surface area contributed by atoms with Crippen LogP contribution in [-0.4, -0.2) is 101 Å². The number of nitrogens with one attached hydrogen (secondary N) is 1. The number of carbonyl (C=O) groups excluding carboxylic acids is 3. The maximum absolute atomic E-state index is 14.8. The molecule has 3 amide bonds. The first-order chi connectivity index (χ1) is 21.1. The number of piperidine rings is 1. The first-order valence-corrected chi connectivity index (χ1v) is 15.2. The highest BCUT2D eigenvalue weighted by atomic mass is 19.1. The summed E-state index contributed by atoms with van der Waals surface area (Å²) in [6, 6.07) is 6.64. The number of hydrogen-bond acceptors (Lipinski definition) is 8. The maximum atomic E-state index is 14.8. The molecular formula is C31H39FN6O6. The lowest BCUT2D eigenvalue weighted by molar-refractivity contribution is -0.139. The van der Waals surface area contributed by atoms with Gasteiger partial charge in [0.05, 0.1) is 18.1 Å². The number of carbonyl (C=O) groups is 4. The molecule has 2 N–H and O–H groups in total. The molecule has 3 heterocycles. The second-order valence-corrected chi connectivity index (χ2v) is 12.0. The van der Waals surface area contributed by atoms with Gasteiger partial charge in [0, 0.05) is 45.3 Å². The monoisotopic (exact) mass is 610 g/mol. The molecule has 2 aliphatic heterocycles. The number of hydrogen-bond donors (Lipinski definition) is 2. The molecule has 1 unspecified atom stereocenters. The van der Waals surface area contributed by atoms with Crippen LogP contribution in [0.15, 0.2) is 30.3 Å². The molecule has 1 aromatic carbocycles. The Hall–Kier alpha value is -4.29. The van der Waals surface area contributed by atoms with E-state index >= 15 is 0 Å². The fraction of sp³-hybridized carbons (Fsp3) is 0.548. The van der Waals surface area contributed by atoms with Crippen LogP contribution < -0.4 is 10.2 Å². The third-order valence-corrected chi connectivity index (χ3v) is 8.66. The van der Waals surface area contributed by atoms with Crippen LogP contribution in [0.3, 0.4) is 0 Å². The maximum Gasteiger partial charge on any atom is 0.409 e. The Morgan fingerprint density at radius 1 is 1.05 bits per heavy atom. The minimum Gasteiger partial charge on any atom is -0.481 e. The zero-order valence-electron chi connectivity index (χ0n) is 25.2. The van der Waals surface area contributed by atoms with E-state index in [2.05, 4.69) is 15.3 Å². The molecule has 44 heavy (non-hydrogen) atoms. The summed E-state index contributed by atoms with van der Waals surface area (Å²) in [7, 11) is 0. The number of aliphatic carboxylic acids is 1. The Kier molecular flexibility index (Phi) is 9.31.